The molecule has 0 aliphatic rings. The van der Waals surface area contributed by atoms with Crippen LogP contribution in [0.4, 0.5) is 0 Å². The first-order valence-electron chi connectivity index (χ1n) is 13.3. The van der Waals surface area contributed by atoms with Crippen molar-refractivity contribution in [2.75, 3.05) is 12.0 Å². The molecule has 0 saturated carbocycles. The summed E-state index contributed by atoms with van der Waals surface area (Å²) in [6.45, 7) is 1.37. The Morgan fingerprint density at radius 3 is 2.15 bits per heavy atom. The minimum absolute atomic E-state index is 0.0399. The lowest BCUT2D eigenvalue weighted by molar-refractivity contribution is -0.142. The van der Waals surface area contributed by atoms with Gasteiger partial charge in [-0.3, -0.25) is 14.4 Å². The number of aliphatic hydroxyl groups is 1. The fourth-order valence-electron chi connectivity index (χ4n) is 4.32. The van der Waals surface area contributed by atoms with Crippen LogP contribution in [0.25, 0.3) is 10.9 Å². The molecule has 3 aromatic rings. The molecule has 2 aromatic carbocycles. The van der Waals surface area contributed by atoms with Gasteiger partial charge in [-0.05, 0) is 42.5 Å². The van der Waals surface area contributed by atoms with Crippen molar-refractivity contribution in [1.29, 1.82) is 0 Å². The molecule has 0 aliphatic heterocycles. The predicted molar refractivity (Wildman–Crippen MR) is 158 cm³/mol. The molecule has 1 heterocycles. The van der Waals surface area contributed by atoms with Crippen molar-refractivity contribution in [3.63, 3.8) is 0 Å². The Bertz CT molecular complexity index is 1330. The minimum atomic E-state index is -1.25. The van der Waals surface area contributed by atoms with Crippen molar-refractivity contribution in [3.8, 4) is 0 Å². The van der Waals surface area contributed by atoms with Crippen molar-refractivity contribution >= 4 is 46.4 Å². The van der Waals surface area contributed by atoms with Crippen LogP contribution in [-0.4, -0.2) is 81.2 Å². The summed E-state index contributed by atoms with van der Waals surface area (Å²) in [5.74, 6) is -2.69. The Morgan fingerprint density at radius 2 is 1.49 bits per heavy atom. The summed E-state index contributed by atoms with van der Waals surface area (Å²) in [6, 6.07) is 11.8. The molecule has 0 aliphatic carbocycles. The predicted octanol–water partition coefficient (Wildman–Crippen LogP) is 0.953. The maximum atomic E-state index is 13.4. The van der Waals surface area contributed by atoms with Crippen LogP contribution >= 0.6 is 11.8 Å². The molecule has 0 radical (unpaired) electrons. The van der Waals surface area contributed by atoms with E-state index in [-0.39, 0.29) is 19.3 Å². The third-order valence-corrected chi connectivity index (χ3v) is 7.34. The van der Waals surface area contributed by atoms with Crippen molar-refractivity contribution < 1.29 is 29.4 Å². The highest BCUT2D eigenvalue weighted by molar-refractivity contribution is 7.98. The number of hydrogen-bond acceptors (Lipinski definition) is 7. The van der Waals surface area contributed by atoms with Gasteiger partial charge in [-0.15, -0.1) is 0 Å². The van der Waals surface area contributed by atoms with Crippen molar-refractivity contribution in [2.24, 2.45) is 5.73 Å². The summed E-state index contributed by atoms with van der Waals surface area (Å²) in [6.07, 6.45) is 2.81. The van der Waals surface area contributed by atoms with E-state index in [1.54, 1.807) is 30.5 Å². The molecule has 0 fully saturated rings. The quantitative estimate of drug-likeness (QED) is 0.138. The highest BCUT2D eigenvalue weighted by Crippen LogP contribution is 2.19. The summed E-state index contributed by atoms with van der Waals surface area (Å²) >= 11 is 1.47. The molecule has 41 heavy (non-hydrogen) atoms. The van der Waals surface area contributed by atoms with Gasteiger partial charge in [0.15, 0.2) is 0 Å². The molecule has 5 atom stereocenters. The smallest absolute Gasteiger partial charge is 0.326 e. The number of aliphatic hydroxyl groups excluding tert-OH is 1. The third-order valence-electron chi connectivity index (χ3n) is 6.70. The fourth-order valence-corrected chi connectivity index (χ4v) is 4.79. The third kappa shape index (κ3) is 9.07. The Labute approximate surface area is 242 Å². The second kappa shape index (κ2) is 15.2. The van der Waals surface area contributed by atoms with Crippen molar-refractivity contribution in [3.05, 3.63) is 71.9 Å². The van der Waals surface area contributed by atoms with Gasteiger partial charge in [0.2, 0.25) is 17.7 Å². The monoisotopic (exact) mass is 583 g/mol. The molecular weight excluding hydrogens is 546 g/mol. The summed E-state index contributed by atoms with van der Waals surface area (Å²) in [7, 11) is 0. The number of fused-ring (bicyclic) bond motifs is 1. The lowest BCUT2D eigenvalue weighted by Gasteiger charge is -2.25. The molecule has 1 aromatic heterocycles. The van der Waals surface area contributed by atoms with Crippen molar-refractivity contribution in [2.45, 2.75) is 56.5 Å². The van der Waals surface area contributed by atoms with Gasteiger partial charge < -0.3 is 36.9 Å². The van der Waals surface area contributed by atoms with Gasteiger partial charge in [-0.2, -0.15) is 11.8 Å². The second-order valence-electron chi connectivity index (χ2n) is 9.82. The normalized spacial score (nSPS) is 14.8. The Kier molecular flexibility index (Phi) is 11.7. The average molecular weight is 584 g/mol. The molecule has 0 spiro atoms. The second-order valence-corrected chi connectivity index (χ2v) is 10.8. The number of aromatic amines is 1. The Morgan fingerprint density at radius 1 is 0.878 bits per heavy atom. The van der Waals surface area contributed by atoms with E-state index in [9.17, 15) is 29.4 Å². The number of aromatic nitrogens is 1. The van der Waals surface area contributed by atoms with Crippen LogP contribution < -0.4 is 21.7 Å². The van der Waals surface area contributed by atoms with Gasteiger partial charge in [0.05, 0.1) is 6.10 Å². The number of amides is 3. The van der Waals surface area contributed by atoms with Gasteiger partial charge in [0, 0.05) is 29.9 Å². The first-order valence-corrected chi connectivity index (χ1v) is 14.7. The van der Waals surface area contributed by atoms with E-state index in [2.05, 4.69) is 20.9 Å². The number of carboxylic acids is 1. The van der Waals surface area contributed by atoms with Gasteiger partial charge >= 0.3 is 5.97 Å². The number of hydrogen-bond donors (Lipinski definition) is 7. The van der Waals surface area contributed by atoms with E-state index in [0.29, 0.717) is 5.75 Å². The van der Waals surface area contributed by atoms with Gasteiger partial charge in [-0.1, -0.05) is 48.5 Å². The summed E-state index contributed by atoms with van der Waals surface area (Å²) < 4.78 is 0. The number of carbonyl (C=O) groups is 4. The van der Waals surface area contributed by atoms with Crippen LogP contribution in [0, 0.1) is 0 Å². The van der Waals surface area contributed by atoms with Crippen LogP contribution in [0.3, 0.4) is 0 Å². The number of nitrogens with one attached hydrogen (secondary N) is 4. The van der Waals surface area contributed by atoms with Crippen LogP contribution in [-0.2, 0) is 32.0 Å². The minimum Gasteiger partial charge on any atom is -0.480 e. The maximum Gasteiger partial charge on any atom is 0.326 e. The molecule has 0 bridgehead atoms. The fraction of sp³-hybridized carbons (Fsp3) is 0.379. The molecule has 12 heteroatoms. The van der Waals surface area contributed by atoms with Gasteiger partial charge in [-0.25, -0.2) is 4.79 Å². The topological polar surface area (TPSA) is 187 Å². The van der Waals surface area contributed by atoms with E-state index in [1.165, 1.54) is 18.7 Å². The number of H-pyrrole nitrogens is 1. The highest BCUT2D eigenvalue weighted by atomic mass is 32.2. The molecule has 8 N–H and O–H groups in total. The first-order chi connectivity index (χ1) is 19.6. The number of aliphatic carboxylic acids is 1. The van der Waals surface area contributed by atoms with Crippen LogP contribution in [0.2, 0.25) is 0 Å². The number of thioether (sulfide) groups is 1. The zero-order valence-corrected chi connectivity index (χ0v) is 23.8. The molecule has 11 nitrogen and oxygen atoms in total. The van der Waals surface area contributed by atoms with E-state index >= 15 is 0 Å². The Balaban J connectivity index is 1.77. The SMILES string of the molecule is CSCCC(NC(=O)C(Cc1ccccc1)NC(=O)C(N)C(C)O)C(=O)NC(Cc1c[nH]c2ccccc12)C(=O)O. The zero-order valence-electron chi connectivity index (χ0n) is 23.0. The van der Waals surface area contributed by atoms with Crippen LogP contribution in [0.5, 0.6) is 0 Å². The Hall–Kier alpha value is -3.87. The van der Waals surface area contributed by atoms with E-state index in [4.69, 9.17) is 5.73 Å². The highest BCUT2D eigenvalue weighted by Gasteiger charge is 2.31. The zero-order chi connectivity index (χ0) is 29.9. The van der Waals surface area contributed by atoms with E-state index in [1.807, 2.05) is 36.6 Å². The van der Waals surface area contributed by atoms with Crippen molar-refractivity contribution in [1.82, 2.24) is 20.9 Å². The number of para-hydroxylation sites is 1. The van der Waals surface area contributed by atoms with Crippen LogP contribution in [0.15, 0.2) is 60.8 Å². The number of rotatable bonds is 15. The van der Waals surface area contributed by atoms with Crippen LogP contribution in [0.1, 0.15) is 24.5 Å². The molecule has 3 rings (SSSR count). The average Bonchev–Trinajstić information content (AvgIpc) is 3.36. The molecule has 220 valence electrons. The lowest BCUT2D eigenvalue weighted by atomic mass is 10.0. The lowest BCUT2D eigenvalue weighted by Crippen LogP contribution is -2.58. The number of benzene rings is 2. The maximum absolute atomic E-state index is 13.4. The number of carboxylic acid groups (broad SMARTS) is 1. The summed E-state index contributed by atoms with van der Waals surface area (Å²) in [4.78, 5) is 54.6. The first kappa shape index (κ1) is 31.7. The largest absolute Gasteiger partial charge is 0.480 e. The molecule has 5 unspecified atom stereocenters. The number of carbonyl (C=O) groups excluding carboxylic acids is 3. The van der Waals surface area contributed by atoms with Gasteiger partial charge in [0.1, 0.15) is 24.2 Å². The molecule has 0 saturated heterocycles. The number of nitrogens with two attached hydrogens (primary N) is 1. The molecule has 3 amide bonds. The van der Waals surface area contributed by atoms with E-state index < -0.39 is 54.0 Å². The van der Waals surface area contributed by atoms with E-state index in [0.717, 1.165) is 22.0 Å². The summed E-state index contributed by atoms with van der Waals surface area (Å²) in [5.41, 5.74) is 8.12. The standard InChI is InChI=1S/C29H37N5O6S/c1-17(35)25(30)28(38)33-23(14-18-8-4-3-5-9-18)27(37)32-22(12-13-41-2)26(36)34-24(29(39)40)15-19-16-31-21-11-7-6-10-20(19)21/h3-11,16-17,22-25,31,35H,12-15,30H2,1-2H3,(H,32,37)(H,33,38)(H,34,36)(H,39,40). The molecular formula is C29H37N5O6S. The summed E-state index contributed by atoms with van der Waals surface area (Å²) in [5, 5.41) is 28.3. The van der Waals surface area contributed by atoms with Gasteiger partial charge in [0.25, 0.3) is 0 Å².